The molecule has 0 fully saturated rings. The molecule has 6 heteroatoms. The summed E-state index contributed by atoms with van der Waals surface area (Å²) in [4.78, 5) is 15.5. The van der Waals surface area contributed by atoms with E-state index in [1.54, 1.807) is 31.3 Å². The fourth-order valence-corrected chi connectivity index (χ4v) is 4.16. The fourth-order valence-electron chi connectivity index (χ4n) is 4.16. The summed E-state index contributed by atoms with van der Waals surface area (Å²) in [5.41, 5.74) is 3.93. The number of hydrogen-bond acceptors (Lipinski definition) is 5. The maximum atomic E-state index is 13.7. The lowest BCUT2D eigenvalue weighted by molar-refractivity contribution is -0.118. The number of rotatable bonds is 7. The minimum Gasteiger partial charge on any atom is -0.496 e. The van der Waals surface area contributed by atoms with Gasteiger partial charge < -0.3 is 19.1 Å². The van der Waals surface area contributed by atoms with Crippen molar-refractivity contribution in [2.45, 2.75) is 19.4 Å². The van der Waals surface area contributed by atoms with Crippen LogP contribution in [0.3, 0.4) is 0 Å². The lowest BCUT2D eigenvalue weighted by atomic mass is 9.91. The second-order valence-corrected chi connectivity index (χ2v) is 7.41. The Hall–Kier alpha value is -3.98. The van der Waals surface area contributed by atoms with Crippen LogP contribution in [0.2, 0.25) is 0 Å². The lowest BCUT2D eigenvalue weighted by Gasteiger charge is -2.20. The Morgan fingerprint density at radius 1 is 0.938 bits per heavy atom. The second kappa shape index (κ2) is 9.03. The van der Waals surface area contributed by atoms with E-state index in [1.165, 1.54) is 0 Å². The van der Waals surface area contributed by atoms with Crippen molar-refractivity contribution in [2.24, 2.45) is 0 Å². The van der Waals surface area contributed by atoms with Gasteiger partial charge in [-0.1, -0.05) is 30.3 Å². The minimum atomic E-state index is -0.537. The van der Waals surface area contributed by atoms with Crippen molar-refractivity contribution in [3.63, 3.8) is 0 Å². The van der Waals surface area contributed by atoms with Gasteiger partial charge in [-0.05, 0) is 42.3 Å². The summed E-state index contributed by atoms with van der Waals surface area (Å²) in [5, 5.41) is 9.23. The Kier molecular flexibility index (Phi) is 6.00. The Morgan fingerprint density at radius 2 is 1.72 bits per heavy atom. The molecule has 1 heterocycles. The molecule has 0 aliphatic carbocycles. The zero-order valence-corrected chi connectivity index (χ0v) is 18.3. The quantitative estimate of drug-likeness (QED) is 0.548. The Bertz CT molecular complexity index is 1200. The molecule has 3 aromatic rings. The van der Waals surface area contributed by atoms with Crippen LogP contribution in [0.5, 0.6) is 17.2 Å². The van der Waals surface area contributed by atoms with Crippen molar-refractivity contribution in [3.8, 4) is 23.3 Å². The number of fused-ring (bicyclic) bond motifs is 1. The zero-order valence-electron chi connectivity index (χ0n) is 18.3. The van der Waals surface area contributed by atoms with E-state index in [1.807, 2.05) is 55.5 Å². The lowest BCUT2D eigenvalue weighted by Crippen LogP contribution is -2.28. The number of amides is 1. The van der Waals surface area contributed by atoms with Crippen LogP contribution >= 0.6 is 0 Å². The molecule has 0 N–H and O–H groups in total. The van der Waals surface area contributed by atoms with Gasteiger partial charge in [0.15, 0.2) is 11.5 Å². The first-order valence-electron chi connectivity index (χ1n) is 10.4. The summed E-state index contributed by atoms with van der Waals surface area (Å²) in [6, 6.07) is 20.8. The van der Waals surface area contributed by atoms with Crippen molar-refractivity contribution in [1.29, 1.82) is 5.26 Å². The zero-order chi connectivity index (χ0) is 22.7. The molecule has 4 rings (SSSR count). The molecule has 6 nitrogen and oxygen atoms in total. The first-order valence-corrected chi connectivity index (χ1v) is 10.4. The van der Waals surface area contributed by atoms with Gasteiger partial charge in [-0.15, -0.1) is 0 Å². The molecule has 1 amide bonds. The SMILES string of the molecule is CCOc1cc([C@H]2C(=O)N(Cc3cccc(C#N)c3)c3ccccc32)c(OC)cc1OC. The highest BCUT2D eigenvalue weighted by molar-refractivity contribution is 6.07. The van der Waals surface area contributed by atoms with Crippen molar-refractivity contribution in [2.75, 3.05) is 25.7 Å². The van der Waals surface area contributed by atoms with E-state index < -0.39 is 5.92 Å². The topological polar surface area (TPSA) is 71.8 Å². The van der Waals surface area contributed by atoms with Crippen molar-refractivity contribution < 1.29 is 19.0 Å². The number of nitriles is 1. The maximum absolute atomic E-state index is 13.7. The molecule has 0 radical (unpaired) electrons. The van der Waals surface area contributed by atoms with Gasteiger partial charge >= 0.3 is 0 Å². The summed E-state index contributed by atoms with van der Waals surface area (Å²) in [6.45, 7) is 2.74. The van der Waals surface area contributed by atoms with E-state index in [0.717, 1.165) is 22.4 Å². The molecule has 0 saturated carbocycles. The number of hydrogen-bond donors (Lipinski definition) is 0. The molecule has 1 aliphatic rings. The Balaban J connectivity index is 1.80. The second-order valence-electron chi connectivity index (χ2n) is 7.41. The van der Waals surface area contributed by atoms with Crippen LogP contribution < -0.4 is 19.1 Å². The van der Waals surface area contributed by atoms with Crippen molar-refractivity contribution in [3.05, 3.63) is 82.9 Å². The summed E-state index contributed by atoms with van der Waals surface area (Å²) < 4.78 is 16.9. The standard InChI is InChI=1S/C26H24N2O4/c1-4-32-24-13-20(22(30-2)14-23(24)31-3)25-19-10-5-6-11-21(19)28(26(25)29)16-18-9-7-8-17(12-18)15-27/h5-14,25H,4,16H2,1-3H3/t25-/m0/s1. The van der Waals surface area contributed by atoms with E-state index in [4.69, 9.17) is 14.2 Å². The third-order valence-electron chi connectivity index (χ3n) is 5.58. The highest BCUT2D eigenvalue weighted by Gasteiger charge is 2.40. The molecule has 0 saturated heterocycles. The highest BCUT2D eigenvalue weighted by atomic mass is 16.5. The Labute approximate surface area is 187 Å². The average molecular weight is 428 g/mol. The number of anilines is 1. The van der Waals surface area contributed by atoms with Crippen LogP contribution in [-0.4, -0.2) is 26.7 Å². The summed E-state index contributed by atoms with van der Waals surface area (Å²) in [6.07, 6.45) is 0. The Morgan fingerprint density at radius 3 is 2.44 bits per heavy atom. The first kappa shape index (κ1) is 21.3. The fraction of sp³-hybridized carbons (Fsp3) is 0.231. The van der Waals surface area contributed by atoms with E-state index in [2.05, 4.69) is 6.07 Å². The van der Waals surface area contributed by atoms with Crippen molar-refractivity contribution in [1.82, 2.24) is 0 Å². The number of benzene rings is 3. The third kappa shape index (κ3) is 3.74. The molecule has 0 spiro atoms. The number of para-hydroxylation sites is 1. The van der Waals surface area contributed by atoms with Gasteiger partial charge in [0.25, 0.3) is 0 Å². The van der Waals surface area contributed by atoms with Crippen LogP contribution in [0, 0.1) is 11.3 Å². The predicted octanol–water partition coefficient (Wildman–Crippen LogP) is 4.65. The molecular weight excluding hydrogens is 404 g/mol. The number of carbonyl (C=O) groups excluding carboxylic acids is 1. The van der Waals surface area contributed by atoms with Crippen LogP contribution in [0.25, 0.3) is 0 Å². The van der Waals surface area contributed by atoms with Gasteiger partial charge in [0.05, 0.1) is 44.9 Å². The summed E-state index contributed by atoms with van der Waals surface area (Å²) in [5.74, 6) is 1.09. The van der Waals surface area contributed by atoms with Gasteiger partial charge in [0, 0.05) is 17.3 Å². The molecule has 1 aliphatic heterocycles. The molecule has 32 heavy (non-hydrogen) atoms. The van der Waals surface area contributed by atoms with Gasteiger partial charge in [0.1, 0.15) is 5.75 Å². The summed E-state index contributed by atoms with van der Waals surface area (Å²) >= 11 is 0. The monoisotopic (exact) mass is 428 g/mol. The number of nitrogens with zero attached hydrogens (tertiary/aromatic N) is 2. The maximum Gasteiger partial charge on any atom is 0.239 e. The largest absolute Gasteiger partial charge is 0.496 e. The van der Waals surface area contributed by atoms with Gasteiger partial charge in [-0.2, -0.15) is 5.26 Å². The molecule has 162 valence electrons. The number of methoxy groups -OCH3 is 2. The minimum absolute atomic E-state index is 0.0560. The van der Waals surface area contributed by atoms with Gasteiger partial charge in [-0.3, -0.25) is 4.79 Å². The van der Waals surface area contributed by atoms with E-state index >= 15 is 0 Å². The third-order valence-corrected chi connectivity index (χ3v) is 5.58. The number of carbonyl (C=O) groups is 1. The molecule has 0 unspecified atom stereocenters. The van der Waals surface area contributed by atoms with Gasteiger partial charge in [-0.25, -0.2) is 0 Å². The van der Waals surface area contributed by atoms with E-state index in [0.29, 0.717) is 36.0 Å². The first-order chi connectivity index (χ1) is 15.6. The van der Waals surface area contributed by atoms with Crippen molar-refractivity contribution >= 4 is 11.6 Å². The van der Waals surface area contributed by atoms with Crippen LogP contribution in [0.1, 0.15) is 35.1 Å². The van der Waals surface area contributed by atoms with Crippen LogP contribution in [-0.2, 0) is 11.3 Å². The smallest absolute Gasteiger partial charge is 0.239 e. The molecule has 1 atom stereocenters. The number of ether oxygens (including phenoxy) is 3. The molecule has 0 aromatic heterocycles. The van der Waals surface area contributed by atoms with Crippen LogP contribution in [0.15, 0.2) is 60.7 Å². The normalized spacial score (nSPS) is 14.6. The summed E-state index contributed by atoms with van der Waals surface area (Å²) in [7, 11) is 3.15. The molecule has 0 bridgehead atoms. The molecular formula is C26H24N2O4. The molecule has 3 aromatic carbocycles. The van der Waals surface area contributed by atoms with E-state index in [9.17, 15) is 10.1 Å². The van der Waals surface area contributed by atoms with Crippen LogP contribution in [0.4, 0.5) is 5.69 Å². The average Bonchev–Trinajstić information content (AvgIpc) is 3.10. The predicted molar refractivity (Wildman–Crippen MR) is 121 cm³/mol. The highest BCUT2D eigenvalue weighted by Crippen LogP contribution is 2.47. The van der Waals surface area contributed by atoms with Gasteiger partial charge in [0.2, 0.25) is 5.91 Å². The van der Waals surface area contributed by atoms with E-state index in [-0.39, 0.29) is 5.91 Å².